The summed E-state index contributed by atoms with van der Waals surface area (Å²) in [7, 11) is 0. The highest BCUT2D eigenvalue weighted by atomic mass is 79.9. The third-order valence-electron chi connectivity index (χ3n) is 3.43. The number of ether oxygens (including phenoxy) is 1. The number of anilines is 1. The molecule has 6 heteroatoms. The summed E-state index contributed by atoms with van der Waals surface area (Å²) in [4.78, 5) is 24.0. The normalized spacial score (nSPS) is 10.4. The third kappa shape index (κ3) is 4.41. The molecule has 0 aliphatic carbocycles. The van der Waals surface area contributed by atoms with Gasteiger partial charge in [0, 0.05) is 10.2 Å². The lowest BCUT2D eigenvalue weighted by Crippen LogP contribution is -2.22. The Bertz CT molecular complexity index is 782. The fourth-order valence-electron chi connectivity index (χ4n) is 2.42. The van der Waals surface area contributed by atoms with Gasteiger partial charge in [-0.05, 0) is 66.0 Å². The van der Waals surface area contributed by atoms with Crippen molar-refractivity contribution >= 4 is 33.5 Å². The molecule has 24 heavy (non-hydrogen) atoms. The second-order valence-corrected chi connectivity index (χ2v) is 6.38. The van der Waals surface area contributed by atoms with E-state index in [2.05, 4.69) is 21.2 Å². The van der Waals surface area contributed by atoms with Gasteiger partial charge in [-0.25, -0.2) is 9.18 Å². The van der Waals surface area contributed by atoms with Crippen molar-refractivity contribution in [3.8, 4) is 0 Å². The minimum absolute atomic E-state index is 0.159. The van der Waals surface area contributed by atoms with Crippen molar-refractivity contribution in [2.75, 3.05) is 11.9 Å². The van der Waals surface area contributed by atoms with Crippen LogP contribution >= 0.6 is 15.9 Å². The van der Waals surface area contributed by atoms with Crippen LogP contribution in [0.2, 0.25) is 0 Å². The maximum absolute atomic E-state index is 13.0. The molecule has 4 nitrogen and oxygen atoms in total. The molecule has 2 rings (SSSR count). The Morgan fingerprint density at radius 3 is 2.33 bits per heavy atom. The average molecular weight is 394 g/mol. The highest BCUT2D eigenvalue weighted by molar-refractivity contribution is 9.10. The number of halogens is 2. The Morgan fingerprint density at radius 2 is 1.75 bits per heavy atom. The van der Waals surface area contributed by atoms with E-state index in [9.17, 15) is 14.0 Å². The highest BCUT2D eigenvalue weighted by Crippen LogP contribution is 2.22. The molecule has 126 valence electrons. The molecule has 0 fully saturated rings. The van der Waals surface area contributed by atoms with Gasteiger partial charge < -0.3 is 10.1 Å². The van der Waals surface area contributed by atoms with Crippen LogP contribution in [-0.2, 0) is 9.53 Å². The summed E-state index contributed by atoms with van der Waals surface area (Å²) in [6.07, 6.45) is 0. The molecule has 0 saturated heterocycles. The standard InChI is InChI=1S/C18H17BrFNO3/c1-10-6-11(2)17(12(3)7-10)21-16(22)9-24-18(23)14-5-4-13(20)8-15(14)19/h4-8H,9H2,1-3H3,(H,21,22). The molecule has 0 heterocycles. The summed E-state index contributed by atoms with van der Waals surface area (Å²) >= 11 is 3.09. The quantitative estimate of drug-likeness (QED) is 0.787. The summed E-state index contributed by atoms with van der Waals surface area (Å²) in [5.74, 6) is -1.60. The van der Waals surface area contributed by atoms with E-state index in [1.165, 1.54) is 6.07 Å². The van der Waals surface area contributed by atoms with Gasteiger partial charge in [0.2, 0.25) is 0 Å². The van der Waals surface area contributed by atoms with Gasteiger partial charge in [-0.1, -0.05) is 17.7 Å². The van der Waals surface area contributed by atoms with Crippen molar-refractivity contribution < 1.29 is 18.7 Å². The molecule has 1 amide bonds. The first-order chi connectivity index (χ1) is 11.3. The third-order valence-corrected chi connectivity index (χ3v) is 4.08. The van der Waals surface area contributed by atoms with Crippen LogP contribution in [0.3, 0.4) is 0 Å². The summed E-state index contributed by atoms with van der Waals surface area (Å²) < 4.78 is 18.3. The number of amides is 1. The van der Waals surface area contributed by atoms with Gasteiger partial charge in [0.1, 0.15) is 5.82 Å². The molecule has 0 unspecified atom stereocenters. The van der Waals surface area contributed by atoms with E-state index in [4.69, 9.17) is 4.74 Å². The monoisotopic (exact) mass is 393 g/mol. The number of aryl methyl sites for hydroxylation is 3. The van der Waals surface area contributed by atoms with Crippen LogP contribution in [-0.4, -0.2) is 18.5 Å². The summed E-state index contributed by atoms with van der Waals surface area (Å²) in [5, 5.41) is 2.75. The predicted octanol–water partition coefficient (Wildman–Crippen LogP) is 4.31. The molecule has 0 atom stereocenters. The van der Waals surface area contributed by atoms with Gasteiger partial charge in [0.25, 0.3) is 5.91 Å². The molecule has 0 aliphatic rings. The van der Waals surface area contributed by atoms with Gasteiger partial charge in [-0.3, -0.25) is 4.79 Å². The minimum atomic E-state index is -0.700. The van der Waals surface area contributed by atoms with Crippen LogP contribution in [0.5, 0.6) is 0 Å². The van der Waals surface area contributed by atoms with Gasteiger partial charge in [0.15, 0.2) is 6.61 Å². The fourth-order valence-corrected chi connectivity index (χ4v) is 2.93. The fraction of sp³-hybridized carbons (Fsp3) is 0.222. The number of hydrogen-bond donors (Lipinski definition) is 1. The Labute approximate surface area is 148 Å². The smallest absolute Gasteiger partial charge is 0.339 e. The van der Waals surface area contributed by atoms with Crippen molar-refractivity contribution in [3.63, 3.8) is 0 Å². The van der Waals surface area contributed by atoms with Crippen molar-refractivity contribution in [2.24, 2.45) is 0 Å². The number of benzene rings is 2. The maximum Gasteiger partial charge on any atom is 0.339 e. The van der Waals surface area contributed by atoms with E-state index in [0.29, 0.717) is 5.69 Å². The zero-order valence-corrected chi connectivity index (χ0v) is 15.2. The first kappa shape index (κ1) is 18.1. The first-order valence-electron chi connectivity index (χ1n) is 7.28. The number of nitrogens with one attached hydrogen (secondary N) is 1. The maximum atomic E-state index is 13.0. The molecule has 0 bridgehead atoms. The van der Waals surface area contributed by atoms with E-state index in [0.717, 1.165) is 28.8 Å². The van der Waals surface area contributed by atoms with Crippen LogP contribution in [0.25, 0.3) is 0 Å². The molecule has 2 aromatic carbocycles. The van der Waals surface area contributed by atoms with Gasteiger partial charge in [0.05, 0.1) is 5.56 Å². The highest BCUT2D eigenvalue weighted by Gasteiger charge is 2.15. The van der Waals surface area contributed by atoms with E-state index in [1.54, 1.807) is 0 Å². The van der Waals surface area contributed by atoms with Gasteiger partial charge in [-0.2, -0.15) is 0 Å². The van der Waals surface area contributed by atoms with Gasteiger partial charge in [-0.15, -0.1) is 0 Å². The van der Waals surface area contributed by atoms with Crippen molar-refractivity contribution in [3.05, 3.63) is 62.9 Å². The molecule has 0 radical (unpaired) electrons. The molecule has 0 saturated carbocycles. The van der Waals surface area contributed by atoms with Crippen molar-refractivity contribution in [1.29, 1.82) is 0 Å². The van der Waals surface area contributed by atoms with Crippen LogP contribution in [0.4, 0.5) is 10.1 Å². The number of carbonyl (C=O) groups excluding carboxylic acids is 2. The number of carbonyl (C=O) groups is 2. The Balaban J connectivity index is 2.00. The first-order valence-corrected chi connectivity index (χ1v) is 8.07. The second kappa shape index (κ2) is 7.57. The number of esters is 1. The SMILES string of the molecule is Cc1cc(C)c(NC(=O)COC(=O)c2ccc(F)cc2Br)c(C)c1. The predicted molar refractivity (Wildman–Crippen MR) is 93.7 cm³/mol. The van der Waals surface area contributed by atoms with Crippen LogP contribution in [0, 0.1) is 26.6 Å². The van der Waals surface area contributed by atoms with Gasteiger partial charge >= 0.3 is 5.97 Å². The van der Waals surface area contributed by atoms with Crippen molar-refractivity contribution in [2.45, 2.75) is 20.8 Å². The van der Waals surface area contributed by atoms with E-state index in [1.807, 2.05) is 32.9 Å². The molecular formula is C18H17BrFNO3. The Morgan fingerprint density at radius 1 is 1.12 bits per heavy atom. The van der Waals surface area contributed by atoms with Crippen LogP contribution < -0.4 is 5.32 Å². The Hall–Kier alpha value is -2.21. The summed E-state index contributed by atoms with van der Waals surface area (Å²) in [6.45, 7) is 5.36. The molecule has 0 aliphatic heterocycles. The summed E-state index contributed by atoms with van der Waals surface area (Å²) in [5.41, 5.74) is 3.86. The van der Waals surface area contributed by atoms with Crippen LogP contribution in [0.1, 0.15) is 27.0 Å². The molecule has 0 aromatic heterocycles. The van der Waals surface area contributed by atoms with E-state index >= 15 is 0 Å². The molecule has 0 spiro atoms. The molecule has 2 aromatic rings. The molecular weight excluding hydrogens is 377 g/mol. The van der Waals surface area contributed by atoms with Crippen LogP contribution in [0.15, 0.2) is 34.8 Å². The minimum Gasteiger partial charge on any atom is -0.452 e. The average Bonchev–Trinajstić information content (AvgIpc) is 2.48. The number of hydrogen-bond acceptors (Lipinski definition) is 3. The lowest BCUT2D eigenvalue weighted by Gasteiger charge is -2.13. The van der Waals surface area contributed by atoms with E-state index in [-0.39, 0.29) is 10.0 Å². The summed E-state index contributed by atoms with van der Waals surface area (Å²) in [6, 6.07) is 7.54. The lowest BCUT2D eigenvalue weighted by atomic mass is 10.1. The van der Waals surface area contributed by atoms with Crippen molar-refractivity contribution in [1.82, 2.24) is 0 Å². The number of rotatable bonds is 4. The zero-order valence-electron chi connectivity index (χ0n) is 13.6. The lowest BCUT2D eigenvalue weighted by molar-refractivity contribution is -0.119. The second-order valence-electron chi connectivity index (χ2n) is 5.52. The largest absolute Gasteiger partial charge is 0.452 e. The Kier molecular flexibility index (Phi) is 5.72. The van der Waals surface area contributed by atoms with E-state index < -0.39 is 24.3 Å². The zero-order chi connectivity index (χ0) is 17.9. The molecule has 1 N–H and O–H groups in total. The topological polar surface area (TPSA) is 55.4 Å².